The number of hydrogen-bond acceptors (Lipinski definition) is 0. The summed E-state index contributed by atoms with van der Waals surface area (Å²) in [6, 6.07) is 6.75. The number of benzene rings is 1. The summed E-state index contributed by atoms with van der Waals surface area (Å²) in [6.07, 6.45) is 6.91. The highest BCUT2D eigenvalue weighted by Gasteiger charge is 2.42. The van der Waals surface area contributed by atoms with E-state index in [2.05, 4.69) is 41.1 Å². The number of hydrogen-bond donors (Lipinski definition) is 0. The maximum atomic E-state index is 3.70. The monoisotopic (exact) mass is 264 g/mol. The molecule has 0 spiro atoms. The Morgan fingerprint density at radius 3 is 3.07 bits per heavy atom. The minimum atomic E-state index is 0.605. The van der Waals surface area contributed by atoms with Gasteiger partial charge in [0.25, 0.3) is 0 Å². The van der Waals surface area contributed by atoms with Crippen molar-refractivity contribution in [3.05, 3.63) is 33.8 Å². The number of rotatable bonds is 0. The van der Waals surface area contributed by atoms with Crippen molar-refractivity contribution in [2.24, 2.45) is 5.41 Å². The van der Waals surface area contributed by atoms with Crippen molar-refractivity contribution in [3.8, 4) is 0 Å². The van der Waals surface area contributed by atoms with Crippen molar-refractivity contribution in [1.29, 1.82) is 0 Å². The predicted molar refractivity (Wildman–Crippen MR) is 67.2 cm³/mol. The Balaban J connectivity index is 2.13. The summed E-state index contributed by atoms with van der Waals surface area (Å²) in [5, 5.41) is 0. The van der Waals surface area contributed by atoms with Crippen LogP contribution in [0.1, 0.15) is 49.7 Å². The molecule has 1 heteroatoms. The first-order valence-electron chi connectivity index (χ1n) is 5.98. The third-order valence-corrected chi connectivity index (χ3v) is 5.30. The maximum Gasteiger partial charge on any atom is 0.0210 e. The number of halogens is 1. The van der Waals surface area contributed by atoms with Crippen molar-refractivity contribution in [3.63, 3.8) is 0 Å². The van der Waals surface area contributed by atoms with Gasteiger partial charge in [0.05, 0.1) is 0 Å². The van der Waals surface area contributed by atoms with Gasteiger partial charge in [0, 0.05) is 4.47 Å². The Labute approximate surface area is 100 Å². The molecule has 0 bridgehead atoms. The molecule has 0 heterocycles. The van der Waals surface area contributed by atoms with Crippen LogP contribution >= 0.6 is 15.9 Å². The zero-order valence-electron chi connectivity index (χ0n) is 9.22. The Hall–Kier alpha value is -0.300. The van der Waals surface area contributed by atoms with E-state index >= 15 is 0 Å². The van der Waals surface area contributed by atoms with Gasteiger partial charge in [0.2, 0.25) is 0 Å². The van der Waals surface area contributed by atoms with Gasteiger partial charge in [-0.3, -0.25) is 0 Å². The lowest BCUT2D eigenvalue weighted by Gasteiger charge is -2.38. The van der Waals surface area contributed by atoms with Gasteiger partial charge in [0.15, 0.2) is 0 Å². The average molecular weight is 265 g/mol. The van der Waals surface area contributed by atoms with Gasteiger partial charge in [-0.25, -0.2) is 0 Å². The molecule has 1 saturated carbocycles. The molecule has 0 aromatic heterocycles. The van der Waals surface area contributed by atoms with Crippen LogP contribution in [0.5, 0.6) is 0 Å². The van der Waals surface area contributed by atoms with Crippen LogP contribution in [0.2, 0.25) is 0 Å². The minimum absolute atomic E-state index is 0.605. The summed E-state index contributed by atoms with van der Waals surface area (Å²) < 4.78 is 1.33. The SMILES string of the molecule is C[C@]12CCC[C@H]1c1cccc(Br)c1CC2. The highest BCUT2D eigenvalue weighted by molar-refractivity contribution is 9.10. The fourth-order valence-electron chi connectivity index (χ4n) is 3.64. The van der Waals surface area contributed by atoms with E-state index in [1.54, 1.807) is 11.1 Å². The van der Waals surface area contributed by atoms with Crippen LogP contribution < -0.4 is 0 Å². The summed E-state index contributed by atoms with van der Waals surface area (Å²) in [4.78, 5) is 0. The molecule has 3 rings (SSSR count). The maximum absolute atomic E-state index is 3.70. The molecule has 0 amide bonds. The number of fused-ring (bicyclic) bond motifs is 3. The van der Waals surface area contributed by atoms with Gasteiger partial charge >= 0.3 is 0 Å². The molecule has 2 aliphatic rings. The Bertz CT molecular complexity index is 396. The largest absolute Gasteiger partial charge is 0.0608 e. The molecule has 2 atom stereocenters. The first kappa shape index (κ1) is 9.89. The second-order valence-corrected chi connectivity index (χ2v) is 6.26. The topological polar surface area (TPSA) is 0 Å². The zero-order chi connectivity index (χ0) is 10.5. The quantitative estimate of drug-likeness (QED) is 0.639. The highest BCUT2D eigenvalue weighted by Crippen LogP contribution is 2.56. The molecule has 0 nitrogen and oxygen atoms in total. The first-order chi connectivity index (χ1) is 7.21. The van der Waals surface area contributed by atoms with E-state index in [0.717, 1.165) is 5.92 Å². The molecule has 0 unspecified atom stereocenters. The van der Waals surface area contributed by atoms with Gasteiger partial charge < -0.3 is 0 Å². The van der Waals surface area contributed by atoms with Crippen LogP contribution in [-0.4, -0.2) is 0 Å². The van der Waals surface area contributed by atoms with E-state index in [1.165, 1.54) is 36.6 Å². The molecule has 0 N–H and O–H groups in total. The summed E-state index contributed by atoms with van der Waals surface area (Å²) >= 11 is 3.70. The molecule has 2 aliphatic carbocycles. The third-order valence-electron chi connectivity index (χ3n) is 4.56. The van der Waals surface area contributed by atoms with Gasteiger partial charge in [-0.15, -0.1) is 0 Å². The molecular formula is C14H17Br. The van der Waals surface area contributed by atoms with E-state index in [9.17, 15) is 0 Å². The third kappa shape index (κ3) is 1.39. The van der Waals surface area contributed by atoms with E-state index in [4.69, 9.17) is 0 Å². The molecule has 0 saturated heterocycles. The molecular weight excluding hydrogens is 248 g/mol. The minimum Gasteiger partial charge on any atom is -0.0608 e. The molecule has 0 radical (unpaired) electrons. The van der Waals surface area contributed by atoms with Crippen LogP contribution in [0.25, 0.3) is 0 Å². The summed E-state index contributed by atoms with van der Waals surface area (Å²) in [5.74, 6) is 0.832. The van der Waals surface area contributed by atoms with E-state index in [-0.39, 0.29) is 0 Å². The van der Waals surface area contributed by atoms with E-state index < -0.39 is 0 Å². The normalized spacial score (nSPS) is 33.6. The van der Waals surface area contributed by atoms with E-state index in [1.807, 2.05) is 0 Å². The molecule has 80 valence electrons. The highest BCUT2D eigenvalue weighted by atomic mass is 79.9. The fourth-order valence-corrected chi connectivity index (χ4v) is 4.22. The van der Waals surface area contributed by atoms with Crippen molar-refractivity contribution in [2.45, 2.75) is 44.9 Å². The molecule has 1 aromatic rings. The molecule has 0 aliphatic heterocycles. The van der Waals surface area contributed by atoms with Crippen molar-refractivity contribution >= 4 is 15.9 Å². The standard InChI is InChI=1S/C14H17Br/c1-14-8-3-5-12(14)10-4-2-6-13(15)11(10)7-9-14/h2,4,6,12H,3,5,7-9H2,1H3/t12-,14+/m0/s1. The smallest absolute Gasteiger partial charge is 0.0210 e. The Morgan fingerprint density at radius 1 is 1.33 bits per heavy atom. The molecule has 1 fully saturated rings. The van der Waals surface area contributed by atoms with Crippen molar-refractivity contribution in [1.82, 2.24) is 0 Å². The van der Waals surface area contributed by atoms with Crippen LogP contribution in [0.4, 0.5) is 0 Å². The second kappa shape index (κ2) is 3.35. The van der Waals surface area contributed by atoms with Crippen LogP contribution in [-0.2, 0) is 6.42 Å². The lowest BCUT2D eigenvalue weighted by molar-refractivity contribution is 0.252. The van der Waals surface area contributed by atoms with Gasteiger partial charge in [-0.2, -0.15) is 0 Å². The van der Waals surface area contributed by atoms with Crippen molar-refractivity contribution in [2.75, 3.05) is 0 Å². The predicted octanol–water partition coefficient (Wildman–Crippen LogP) is 4.67. The first-order valence-corrected chi connectivity index (χ1v) is 6.77. The Morgan fingerprint density at radius 2 is 2.20 bits per heavy atom. The zero-order valence-corrected chi connectivity index (χ0v) is 10.8. The average Bonchev–Trinajstić information content (AvgIpc) is 2.60. The van der Waals surface area contributed by atoms with Gasteiger partial charge in [-0.1, -0.05) is 41.4 Å². The second-order valence-electron chi connectivity index (χ2n) is 5.41. The van der Waals surface area contributed by atoms with Gasteiger partial charge in [0.1, 0.15) is 0 Å². The van der Waals surface area contributed by atoms with Crippen molar-refractivity contribution < 1.29 is 0 Å². The van der Waals surface area contributed by atoms with Crippen LogP contribution in [0.15, 0.2) is 22.7 Å². The summed E-state index contributed by atoms with van der Waals surface area (Å²) in [7, 11) is 0. The molecule has 1 aromatic carbocycles. The summed E-state index contributed by atoms with van der Waals surface area (Å²) in [5.41, 5.74) is 3.82. The lowest BCUT2D eigenvalue weighted by Crippen LogP contribution is -2.26. The van der Waals surface area contributed by atoms with E-state index in [0.29, 0.717) is 5.41 Å². The molecule has 15 heavy (non-hydrogen) atoms. The van der Waals surface area contributed by atoms with Crippen LogP contribution in [0, 0.1) is 5.41 Å². The Kier molecular flexibility index (Phi) is 2.21. The van der Waals surface area contributed by atoms with Crippen LogP contribution in [0.3, 0.4) is 0 Å². The lowest BCUT2D eigenvalue weighted by atomic mass is 9.67. The fraction of sp³-hybridized carbons (Fsp3) is 0.571. The van der Waals surface area contributed by atoms with Gasteiger partial charge in [-0.05, 0) is 54.2 Å². The summed E-state index contributed by atoms with van der Waals surface area (Å²) in [6.45, 7) is 2.49.